The van der Waals surface area contributed by atoms with Crippen LogP contribution in [-0.2, 0) is 9.59 Å². The molecule has 8 heteroatoms. The minimum absolute atomic E-state index is 0.00712. The molecule has 20 heavy (non-hydrogen) atoms. The predicted octanol–water partition coefficient (Wildman–Crippen LogP) is 0.359. The van der Waals surface area contributed by atoms with Crippen LogP contribution in [0.2, 0.25) is 0 Å². The number of thioether (sulfide) groups is 1. The predicted molar refractivity (Wildman–Crippen MR) is 78.9 cm³/mol. The van der Waals surface area contributed by atoms with Crippen LogP contribution in [0.4, 0.5) is 4.79 Å². The zero-order chi connectivity index (χ0) is 15.7. The summed E-state index contributed by atoms with van der Waals surface area (Å²) in [6.45, 7) is 3.53. The van der Waals surface area contributed by atoms with Crippen LogP contribution in [0.25, 0.3) is 0 Å². The SMILES string of the molecule is CSCC[C@@H](NC(=O)N(C)CC(=O)NC(C)C)C(=O)O. The van der Waals surface area contributed by atoms with Crippen molar-refractivity contribution in [3.63, 3.8) is 0 Å². The topological polar surface area (TPSA) is 98.7 Å². The number of hydrogen-bond acceptors (Lipinski definition) is 4. The van der Waals surface area contributed by atoms with Gasteiger partial charge in [0.25, 0.3) is 0 Å². The zero-order valence-corrected chi connectivity index (χ0v) is 13.1. The molecule has 0 unspecified atom stereocenters. The Morgan fingerprint density at radius 1 is 1.25 bits per heavy atom. The molecule has 0 heterocycles. The fourth-order valence-electron chi connectivity index (χ4n) is 1.41. The number of carbonyl (C=O) groups excluding carboxylic acids is 2. The largest absolute Gasteiger partial charge is 0.480 e. The Bertz CT molecular complexity index is 350. The number of likely N-dealkylation sites (N-methyl/N-ethyl adjacent to an activating group) is 1. The van der Waals surface area contributed by atoms with Crippen molar-refractivity contribution in [2.75, 3.05) is 25.6 Å². The van der Waals surface area contributed by atoms with Gasteiger partial charge in [-0.15, -0.1) is 0 Å². The summed E-state index contributed by atoms with van der Waals surface area (Å²) in [5, 5.41) is 14.1. The van der Waals surface area contributed by atoms with Crippen LogP contribution in [-0.4, -0.2) is 65.6 Å². The van der Waals surface area contributed by atoms with Gasteiger partial charge < -0.3 is 20.6 Å². The van der Waals surface area contributed by atoms with E-state index in [1.54, 1.807) is 0 Å². The van der Waals surface area contributed by atoms with E-state index >= 15 is 0 Å². The van der Waals surface area contributed by atoms with Gasteiger partial charge in [-0.25, -0.2) is 9.59 Å². The number of carboxylic acids is 1. The Balaban J connectivity index is 4.34. The molecule has 0 saturated carbocycles. The number of carbonyl (C=O) groups is 3. The fourth-order valence-corrected chi connectivity index (χ4v) is 1.88. The first-order valence-corrected chi connectivity index (χ1v) is 7.70. The molecule has 0 radical (unpaired) electrons. The number of amides is 3. The van der Waals surface area contributed by atoms with Crippen molar-refractivity contribution in [3.8, 4) is 0 Å². The second-order valence-corrected chi connectivity index (χ2v) is 5.69. The third kappa shape index (κ3) is 7.88. The Morgan fingerprint density at radius 3 is 2.30 bits per heavy atom. The highest BCUT2D eigenvalue weighted by Gasteiger charge is 2.22. The van der Waals surface area contributed by atoms with E-state index in [0.717, 1.165) is 4.90 Å². The molecule has 0 aromatic rings. The fraction of sp³-hybridized carbons (Fsp3) is 0.750. The summed E-state index contributed by atoms with van der Waals surface area (Å²) >= 11 is 1.51. The molecule has 0 aliphatic rings. The molecule has 0 spiro atoms. The number of hydrogen-bond donors (Lipinski definition) is 3. The van der Waals surface area contributed by atoms with E-state index in [4.69, 9.17) is 5.11 Å². The Morgan fingerprint density at radius 2 is 1.85 bits per heavy atom. The van der Waals surface area contributed by atoms with Gasteiger partial charge in [0, 0.05) is 13.1 Å². The molecule has 0 aliphatic carbocycles. The van der Waals surface area contributed by atoms with E-state index in [0.29, 0.717) is 12.2 Å². The van der Waals surface area contributed by atoms with Crippen LogP contribution in [0.3, 0.4) is 0 Å². The van der Waals surface area contributed by atoms with Gasteiger partial charge in [0.05, 0.1) is 0 Å². The van der Waals surface area contributed by atoms with Gasteiger partial charge in [0.2, 0.25) is 5.91 Å². The number of aliphatic carboxylic acids is 1. The monoisotopic (exact) mass is 305 g/mol. The molecular weight excluding hydrogens is 282 g/mol. The van der Waals surface area contributed by atoms with Crippen LogP contribution in [0.5, 0.6) is 0 Å². The Hall–Kier alpha value is -1.44. The standard InChI is InChI=1S/C12H23N3O4S/c1-8(2)13-10(16)7-15(3)12(19)14-9(11(17)18)5-6-20-4/h8-9H,5-7H2,1-4H3,(H,13,16)(H,14,19)(H,17,18)/t9-/m1/s1. The number of urea groups is 1. The summed E-state index contributed by atoms with van der Waals surface area (Å²) < 4.78 is 0. The first-order valence-electron chi connectivity index (χ1n) is 6.30. The summed E-state index contributed by atoms with van der Waals surface area (Å²) in [5.74, 6) is -0.726. The van der Waals surface area contributed by atoms with E-state index in [-0.39, 0.29) is 18.5 Å². The summed E-state index contributed by atoms with van der Waals surface area (Å²) in [5.41, 5.74) is 0. The lowest BCUT2D eigenvalue weighted by molar-refractivity contribution is -0.139. The minimum Gasteiger partial charge on any atom is -0.480 e. The van der Waals surface area contributed by atoms with Crippen molar-refractivity contribution in [1.29, 1.82) is 0 Å². The van der Waals surface area contributed by atoms with Crippen molar-refractivity contribution >= 4 is 29.7 Å². The molecular formula is C12H23N3O4S. The smallest absolute Gasteiger partial charge is 0.326 e. The number of carboxylic acid groups (broad SMARTS) is 1. The molecule has 0 aliphatic heterocycles. The first-order chi connectivity index (χ1) is 9.27. The molecule has 7 nitrogen and oxygen atoms in total. The Labute approximate surface area is 123 Å². The van der Waals surface area contributed by atoms with Crippen LogP contribution in [0.1, 0.15) is 20.3 Å². The van der Waals surface area contributed by atoms with Gasteiger partial charge in [-0.2, -0.15) is 11.8 Å². The maximum absolute atomic E-state index is 11.8. The summed E-state index contributed by atoms with van der Waals surface area (Å²) in [6, 6.07) is -1.52. The van der Waals surface area contributed by atoms with Gasteiger partial charge in [-0.05, 0) is 32.3 Å². The normalized spacial score (nSPS) is 11.8. The third-order valence-corrected chi connectivity index (χ3v) is 3.03. The van der Waals surface area contributed by atoms with Crippen LogP contribution in [0.15, 0.2) is 0 Å². The van der Waals surface area contributed by atoms with Gasteiger partial charge in [0.1, 0.15) is 12.6 Å². The van der Waals surface area contributed by atoms with Gasteiger partial charge >= 0.3 is 12.0 Å². The van der Waals surface area contributed by atoms with Gasteiger partial charge in [0.15, 0.2) is 0 Å². The Kier molecular flexibility index (Phi) is 8.78. The first kappa shape index (κ1) is 18.6. The summed E-state index contributed by atoms with van der Waals surface area (Å²) in [4.78, 5) is 35.5. The van der Waals surface area contributed by atoms with Crippen LogP contribution < -0.4 is 10.6 Å². The highest BCUT2D eigenvalue weighted by molar-refractivity contribution is 7.98. The summed E-state index contributed by atoms with van der Waals surface area (Å²) in [7, 11) is 1.45. The second kappa shape index (κ2) is 9.46. The highest BCUT2D eigenvalue weighted by atomic mass is 32.2. The van der Waals surface area contributed by atoms with E-state index in [1.165, 1.54) is 18.8 Å². The molecule has 0 bridgehead atoms. The van der Waals surface area contributed by atoms with Crippen molar-refractivity contribution in [3.05, 3.63) is 0 Å². The molecule has 3 amide bonds. The van der Waals surface area contributed by atoms with Gasteiger partial charge in [-0.1, -0.05) is 0 Å². The second-order valence-electron chi connectivity index (χ2n) is 4.70. The molecule has 116 valence electrons. The maximum Gasteiger partial charge on any atom is 0.326 e. The van der Waals surface area contributed by atoms with Crippen LogP contribution >= 0.6 is 11.8 Å². The highest BCUT2D eigenvalue weighted by Crippen LogP contribution is 2.01. The lowest BCUT2D eigenvalue weighted by Gasteiger charge is -2.21. The van der Waals surface area contributed by atoms with E-state index < -0.39 is 18.0 Å². The quantitative estimate of drug-likeness (QED) is 0.601. The van der Waals surface area contributed by atoms with E-state index in [9.17, 15) is 14.4 Å². The average Bonchev–Trinajstić information content (AvgIpc) is 2.32. The zero-order valence-electron chi connectivity index (χ0n) is 12.3. The third-order valence-electron chi connectivity index (χ3n) is 2.38. The molecule has 1 atom stereocenters. The minimum atomic E-state index is -1.08. The molecule has 0 aromatic heterocycles. The van der Waals surface area contributed by atoms with Gasteiger partial charge in [-0.3, -0.25) is 4.79 Å². The van der Waals surface area contributed by atoms with Crippen molar-refractivity contribution < 1.29 is 19.5 Å². The molecule has 0 aromatic carbocycles. The molecule has 0 fully saturated rings. The van der Waals surface area contributed by atoms with Crippen LogP contribution in [0, 0.1) is 0 Å². The van der Waals surface area contributed by atoms with E-state index in [2.05, 4.69) is 10.6 Å². The van der Waals surface area contributed by atoms with Crippen molar-refractivity contribution in [2.24, 2.45) is 0 Å². The number of nitrogens with one attached hydrogen (secondary N) is 2. The van der Waals surface area contributed by atoms with E-state index in [1.807, 2.05) is 20.1 Å². The molecule has 3 N–H and O–H groups in total. The number of rotatable bonds is 8. The lowest BCUT2D eigenvalue weighted by Crippen LogP contribution is -2.49. The van der Waals surface area contributed by atoms with Crippen molar-refractivity contribution in [1.82, 2.24) is 15.5 Å². The maximum atomic E-state index is 11.8. The molecule has 0 saturated heterocycles. The number of nitrogens with zero attached hydrogens (tertiary/aromatic N) is 1. The van der Waals surface area contributed by atoms with Crippen molar-refractivity contribution in [2.45, 2.75) is 32.4 Å². The summed E-state index contributed by atoms with van der Waals surface area (Å²) in [6.07, 6.45) is 2.21. The molecule has 0 rings (SSSR count). The average molecular weight is 305 g/mol. The lowest BCUT2D eigenvalue weighted by atomic mass is 10.2.